The third kappa shape index (κ3) is 3.74. The van der Waals surface area contributed by atoms with Gasteiger partial charge in [0.2, 0.25) is 0 Å². The molecule has 0 N–H and O–H groups in total. The van der Waals surface area contributed by atoms with Gasteiger partial charge in [-0.05, 0) is 30.3 Å². The minimum atomic E-state index is -0.444. The number of furan rings is 2. The molecule has 1 aromatic carbocycles. The normalized spacial score (nSPS) is 11.2. The summed E-state index contributed by atoms with van der Waals surface area (Å²) in [5, 5.41) is 12.0. The van der Waals surface area contributed by atoms with E-state index in [1.54, 1.807) is 48.7 Å². The third-order valence-electron chi connectivity index (χ3n) is 4.14. The number of ether oxygens (including phenoxy) is 1. The first-order chi connectivity index (χ1) is 14.2. The number of thiazole rings is 1. The summed E-state index contributed by atoms with van der Waals surface area (Å²) in [6.45, 7) is 0. The summed E-state index contributed by atoms with van der Waals surface area (Å²) in [7, 11) is 1.33. The molecule has 0 aliphatic rings. The van der Waals surface area contributed by atoms with Crippen LogP contribution in [0, 0.1) is 11.3 Å². The average Bonchev–Trinajstić information content (AvgIpc) is 3.52. The molecular formula is C22H14N2O4S. The van der Waals surface area contributed by atoms with E-state index < -0.39 is 5.97 Å². The molecule has 3 aromatic heterocycles. The number of hydrogen-bond donors (Lipinski definition) is 0. The first-order valence-corrected chi connectivity index (χ1v) is 9.46. The number of hydrogen-bond acceptors (Lipinski definition) is 7. The van der Waals surface area contributed by atoms with Gasteiger partial charge in [0.1, 0.15) is 28.3 Å². The second kappa shape index (κ2) is 8.00. The number of methoxy groups -OCH3 is 1. The van der Waals surface area contributed by atoms with Crippen molar-refractivity contribution in [2.24, 2.45) is 0 Å². The lowest BCUT2D eigenvalue weighted by Crippen LogP contribution is -2.02. The maximum absolute atomic E-state index is 12.0. The first kappa shape index (κ1) is 18.5. The lowest BCUT2D eigenvalue weighted by molar-refractivity contribution is 0.0601. The summed E-state index contributed by atoms with van der Waals surface area (Å²) in [6, 6.07) is 16.3. The molecule has 7 heteroatoms. The van der Waals surface area contributed by atoms with Crippen LogP contribution in [-0.2, 0) is 4.74 Å². The van der Waals surface area contributed by atoms with Gasteiger partial charge >= 0.3 is 5.97 Å². The summed E-state index contributed by atoms with van der Waals surface area (Å²) < 4.78 is 16.0. The van der Waals surface area contributed by atoms with Crippen molar-refractivity contribution in [3.8, 4) is 28.8 Å². The van der Waals surface area contributed by atoms with E-state index >= 15 is 0 Å². The van der Waals surface area contributed by atoms with Gasteiger partial charge in [-0.15, -0.1) is 11.3 Å². The Kier molecular flexibility index (Phi) is 5.10. The molecule has 0 amide bonds. The van der Waals surface area contributed by atoms with Crippen molar-refractivity contribution in [1.82, 2.24) is 4.98 Å². The van der Waals surface area contributed by atoms with Crippen LogP contribution < -0.4 is 0 Å². The fraction of sp³-hybridized carbons (Fsp3) is 0.0455. The average molecular weight is 402 g/mol. The van der Waals surface area contributed by atoms with Gasteiger partial charge in [0.15, 0.2) is 5.76 Å². The van der Waals surface area contributed by atoms with Crippen molar-refractivity contribution in [3.63, 3.8) is 0 Å². The van der Waals surface area contributed by atoms with Crippen LogP contribution in [-0.4, -0.2) is 18.1 Å². The van der Waals surface area contributed by atoms with Crippen molar-refractivity contribution in [2.45, 2.75) is 0 Å². The molecule has 0 radical (unpaired) electrons. The highest BCUT2D eigenvalue weighted by atomic mass is 32.1. The van der Waals surface area contributed by atoms with Crippen molar-refractivity contribution >= 4 is 29.0 Å². The monoisotopic (exact) mass is 402 g/mol. The Hall–Kier alpha value is -3.89. The predicted molar refractivity (Wildman–Crippen MR) is 109 cm³/mol. The van der Waals surface area contributed by atoms with Crippen LogP contribution in [0.25, 0.3) is 34.4 Å². The van der Waals surface area contributed by atoms with Crippen LogP contribution in [0.1, 0.15) is 21.1 Å². The summed E-state index contributed by atoms with van der Waals surface area (Å²) >= 11 is 1.35. The fourth-order valence-corrected chi connectivity index (χ4v) is 3.55. The number of allylic oxidation sites excluding steroid dienone is 1. The maximum Gasteiger partial charge on any atom is 0.338 e. The molecule has 0 atom stereocenters. The SMILES string of the molecule is COC(=O)c1ccccc1-c1ccc(/C=C(\C#N)c2nc(-c3ccco3)cs2)o1. The molecule has 4 aromatic rings. The van der Waals surface area contributed by atoms with Crippen molar-refractivity contribution in [2.75, 3.05) is 7.11 Å². The number of nitrogens with zero attached hydrogens (tertiary/aromatic N) is 2. The molecule has 0 saturated carbocycles. The Morgan fingerprint density at radius 2 is 2.03 bits per heavy atom. The molecule has 0 saturated heterocycles. The van der Waals surface area contributed by atoms with Crippen LogP contribution in [0.2, 0.25) is 0 Å². The number of nitriles is 1. The molecule has 3 heterocycles. The van der Waals surface area contributed by atoms with Gasteiger partial charge in [0.05, 0.1) is 24.5 Å². The van der Waals surface area contributed by atoms with E-state index in [4.69, 9.17) is 13.6 Å². The Morgan fingerprint density at radius 1 is 1.17 bits per heavy atom. The Bertz CT molecular complexity index is 1230. The Balaban J connectivity index is 1.65. The second-order valence-electron chi connectivity index (χ2n) is 5.92. The van der Waals surface area contributed by atoms with Gasteiger partial charge in [-0.3, -0.25) is 0 Å². The molecule has 0 fully saturated rings. The first-order valence-electron chi connectivity index (χ1n) is 8.58. The highest BCUT2D eigenvalue weighted by molar-refractivity contribution is 7.11. The number of benzene rings is 1. The van der Waals surface area contributed by atoms with E-state index in [9.17, 15) is 10.1 Å². The van der Waals surface area contributed by atoms with Gasteiger partial charge in [-0.1, -0.05) is 18.2 Å². The van der Waals surface area contributed by atoms with Gasteiger partial charge in [-0.25, -0.2) is 9.78 Å². The van der Waals surface area contributed by atoms with E-state index in [1.807, 2.05) is 17.5 Å². The van der Waals surface area contributed by atoms with Crippen LogP contribution in [0.5, 0.6) is 0 Å². The van der Waals surface area contributed by atoms with E-state index in [0.29, 0.717) is 44.7 Å². The van der Waals surface area contributed by atoms with Crippen molar-refractivity contribution < 1.29 is 18.4 Å². The molecule has 0 spiro atoms. The highest BCUT2D eigenvalue weighted by Gasteiger charge is 2.16. The molecule has 142 valence electrons. The van der Waals surface area contributed by atoms with Gasteiger partial charge in [0.25, 0.3) is 0 Å². The predicted octanol–water partition coefficient (Wildman–Crippen LogP) is 5.51. The molecule has 0 unspecified atom stereocenters. The summed E-state index contributed by atoms with van der Waals surface area (Å²) in [5.74, 6) is 1.18. The van der Waals surface area contributed by atoms with E-state index in [-0.39, 0.29) is 0 Å². The van der Waals surface area contributed by atoms with Crippen molar-refractivity contribution in [3.05, 3.63) is 76.5 Å². The standard InChI is InChI=1S/C22H14N2O4S/c1-26-22(25)17-6-3-2-5-16(17)19-9-8-15(28-19)11-14(12-23)21-24-18(13-29-21)20-7-4-10-27-20/h2-11,13H,1H3/b14-11+. The summed E-state index contributed by atoms with van der Waals surface area (Å²) in [6.07, 6.45) is 3.20. The molecule has 6 nitrogen and oxygen atoms in total. The van der Waals surface area contributed by atoms with E-state index in [0.717, 1.165) is 0 Å². The number of rotatable bonds is 5. The summed E-state index contributed by atoms with van der Waals surface area (Å²) in [5.41, 5.74) is 2.06. The number of esters is 1. The molecule has 0 aliphatic heterocycles. The molecule has 29 heavy (non-hydrogen) atoms. The number of aromatic nitrogens is 1. The van der Waals surface area contributed by atoms with Crippen LogP contribution in [0.4, 0.5) is 0 Å². The van der Waals surface area contributed by atoms with Gasteiger partial charge in [-0.2, -0.15) is 5.26 Å². The van der Waals surface area contributed by atoms with Gasteiger partial charge in [0, 0.05) is 17.0 Å². The van der Waals surface area contributed by atoms with Crippen LogP contribution >= 0.6 is 11.3 Å². The lowest BCUT2D eigenvalue weighted by atomic mass is 10.1. The quantitative estimate of drug-likeness (QED) is 0.323. The third-order valence-corrected chi connectivity index (χ3v) is 5.02. The van der Waals surface area contributed by atoms with Crippen LogP contribution in [0.3, 0.4) is 0 Å². The minimum Gasteiger partial charge on any atom is -0.465 e. The zero-order valence-electron chi connectivity index (χ0n) is 15.3. The number of carbonyl (C=O) groups excluding carboxylic acids is 1. The summed E-state index contributed by atoms with van der Waals surface area (Å²) in [4.78, 5) is 16.5. The molecule has 0 aliphatic carbocycles. The van der Waals surface area contributed by atoms with Crippen LogP contribution in [0.15, 0.2) is 69.0 Å². The van der Waals surface area contributed by atoms with E-state index in [2.05, 4.69) is 11.1 Å². The Labute approximate surface area is 170 Å². The smallest absolute Gasteiger partial charge is 0.338 e. The zero-order chi connectivity index (χ0) is 20.2. The highest BCUT2D eigenvalue weighted by Crippen LogP contribution is 2.30. The van der Waals surface area contributed by atoms with Gasteiger partial charge < -0.3 is 13.6 Å². The number of carbonyl (C=O) groups is 1. The second-order valence-corrected chi connectivity index (χ2v) is 6.78. The molecular weight excluding hydrogens is 388 g/mol. The fourth-order valence-electron chi connectivity index (χ4n) is 2.78. The lowest BCUT2D eigenvalue weighted by Gasteiger charge is -2.04. The van der Waals surface area contributed by atoms with Crippen molar-refractivity contribution in [1.29, 1.82) is 5.26 Å². The molecule has 4 rings (SSSR count). The zero-order valence-corrected chi connectivity index (χ0v) is 16.1. The van der Waals surface area contributed by atoms with E-state index in [1.165, 1.54) is 18.4 Å². The Morgan fingerprint density at radius 3 is 2.79 bits per heavy atom. The molecule has 0 bridgehead atoms. The minimum absolute atomic E-state index is 0.370. The largest absolute Gasteiger partial charge is 0.465 e. The maximum atomic E-state index is 12.0. The topological polar surface area (TPSA) is 89.3 Å².